The zero-order valence-corrected chi connectivity index (χ0v) is 12.6. The standard InChI is InChI=1S/C14H25N3O3/c1-14(2,3)20-13(19)17-8-6-16(7-9-17)12(18)11-4-5-15-10-11/h11,15H,4-10H2,1-3H3. The minimum absolute atomic E-state index is 0.114. The normalized spacial score (nSPS) is 23.9. The van der Waals surface area contributed by atoms with Gasteiger partial charge in [-0.2, -0.15) is 0 Å². The van der Waals surface area contributed by atoms with Gasteiger partial charge in [-0.3, -0.25) is 4.79 Å². The van der Waals surface area contributed by atoms with E-state index in [1.54, 1.807) is 4.90 Å². The Labute approximate surface area is 120 Å². The molecule has 0 aromatic rings. The molecule has 2 aliphatic rings. The highest BCUT2D eigenvalue weighted by molar-refractivity contribution is 5.80. The van der Waals surface area contributed by atoms with E-state index in [2.05, 4.69) is 5.32 Å². The molecule has 1 atom stereocenters. The van der Waals surface area contributed by atoms with E-state index in [0.717, 1.165) is 19.5 Å². The summed E-state index contributed by atoms with van der Waals surface area (Å²) in [4.78, 5) is 27.7. The van der Waals surface area contributed by atoms with Crippen LogP contribution < -0.4 is 5.32 Å². The van der Waals surface area contributed by atoms with E-state index in [1.165, 1.54) is 0 Å². The van der Waals surface area contributed by atoms with Gasteiger partial charge in [0.15, 0.2) is 0 Å². The number of ether oxygens (including phenoxy) is 1. The first kappa shape index (κ1) is 15.1. The minimum Gasteiger partial charge on any atom is -0.444 e. The molecular weight excluding hydrogens is 258 g/mol. The molecular formula is C14H25N3O3. The molecule has 2 heterocycles. The monoisotopic (exact) mass is 283 g/mol. The molecule has 0 radical (unpaired) electrons. The second kappa shape index (κ2) is 5.99. The van der Waals surface area contributed by atoms with Crippen molar-refractivity contribution < 1.29 is 14.3 Å². The summed E-state index contributed by atoms with van der Waals surface area (Å²) in [5, 5.41) is 3.21. The van der Waals surface area contributed by atoms with Gasteiger partial charge in [0.25, 0.3) is 0 Å². The third kappa shape index (κ3) is 3.85. The first-order chi connectivity index (χ1) is 9.37. The Bertz CT molecular complexity index is 364. The molecule has 0 aliphatic carbocycles. The summed E-state index contributed by atoms with van der Waals surface area (Å²) in [6.45, 7) is 9.61. The highest BCUT2D eigenvalue weighted by Crippen LogP contribution is 2.15. The third-order valence-electron chi connectivity index (χ3n) is 3.65. The maximum absolute atomic E-state index is 12.3. The Balaban J connectivity index is 1.80. The topological polar surface area (TPSA) is 61.9 Å². The number of hydrogen-bond acceptors (Lipinski definition) is 4. The van der Waals surface area contributed by atoms with E-state index in [4.69, 9.17) is 4.74 Å². The summed E-state index contributed by atoms with van der Waals surface area (Å²) in [6, 6.07) is 0. The molecule has 6 heteroatoms. The lowest BCUT2D eigenvalue weighted by atomic mass is 10.1. The maximum Gasteiger partial charge on any atom is 0.410 e. The molecule has 6 nitrogen and oxygen atoms in total. The predicted molar refractivity (Wildman–Crippen MR) is 75.4 cm³/mol. The number of amides is 2. The van der Waals surface area contributed by atoms with Crippen molar-refractivity contribution in [3.63, 3.8) is 0 Å². The Morgan fingerprint density at radius 2 is 1.70 bits per heavy atom. The summed E-state index contributed by atoms with van der Waals surface area (Å²) in [7, 11) is 0. The number of piperazine rings is 1. The molecule has 114 valence electrons. The minimum atomic E-state index is -0.473. The number of nitrogens with zero attached hydrogens (tertiary/aromatic N) is 2. The number of carbonyl (C=O) groups excluding carboxylic acids is 2. The second-order valence-electron chi connectivity index (χ2n) is 6.48. The van der Waals surface area contributed by atoms with Crippen LogP contribution in [0, 0.1) is 5.92 Å². The third-order valence-corrected chi connectivity index (χ3v) is 3.65. The van der Waals surface area contributed by atoms with Crippen molar-refractivity contribution >= 4 is 12.0 Å². The average molecular weight is 283 g/mol. The molecule has 0 saturated carbocycles. The quantitative estimate of drug-likeness (QED) is 0.768. The van der Waals surface area contributed by atoms with E-state index in [-0.39, 0.29) is 17.9 Å². The van der Waals surface area contributed by atoms with Gasteiger partial charge in [0.05, 0.1) is 5.92 Å². The fraction of sp³-hybridized carbons (Fsp3) is 0.857. The maximum atomic E-state index is 12.3. The van der Waals surface area contributed by atoms with E-state index >= 15 is 0 Å². The van der Waals surface area contributed by atoms with Gasteiger partial charge in [-0.05, 0) is 33.7 Å². The lowest BCUT2D eigenvalue weighted by Gasteiger charge is -2.36. The van der Waals surface area contributed by atoms with Crippen LogP contribution in [0.25, 0.3) is 0 Å². The SMILES string of the molecule is CC(C)(C)OC(=O)N1CCN(C(=O)C2CCNC2)CC1. The van der Waals surface area contributed by atoms with E-state index in [1.807, 2.05) is 25.7 Å². The van der Waals surface area contributed by atoms with Crippen LogP contribution >= 0.6 is 0 Å². The summed E-state index contributed by atoms with van der Waals surface area (Å²) in [5.41, 5.74) is -0.473. The highest BCUT2D eigenvalue weighted by atomic mass is 16.6. The molecule has 2 amide bonds. The van der Waals surface area contributed by atoms with Crippen LogP contribution in [0.2, 0.25) is 0 Å². The molecule has 2 saturated heterocycles. The van der Waals surface area contributed by atoms with E-state index in [9.17, 15) is 9.59 Å². The number of carbonyl (C=O) groups is 2. The van der Waals surface area contributed by atoms with Crippen LogP contribution in [0.3, 0.4) is 0 Å². The first-order valence-electron chi connectivity index (χ1n) is 7.34. The van der Waals surface area contributed by atoms with Crippen LogP contribution in [-0.2, 0) is 9.53 Å². The Morgan fingerprint density at radius 3 is 2.20 bits per heavy atom. The van der Waals surface area contributed by atoms with Gasteiger partial charge < -0.3 is 19.9 Å². The fourth-order valence-corrected chi connectivity index (χ4v) is 2.56. The molecule has 1 N–H and O–H groups in total. The summed E-state index contributed by atoms with van der Waals surface area (Å²) in [5.74, 6) is 0.335. The highest BCUT2D eigenvalue weighted by Gasteiger charge is 2.31. The summed E-state index contributed by atoms with van der Waals surface area (Å²) >= 11 is 0. The van der Waals surface area contributed by atoms with Gasteiger partial charge in [0.1, 0.15) is 5.60 Å². The van der Waals surface area contributed by atoms with Crippen LogP contribution in [0.15, 0.2) is 0 Å². The molecule has 0 aromatic carbocycles. The molecule has 0 bridgehead atoms. The largest absolute Gasteiger partial charge is 0.444 e. The first-order valence-corrected chi connectivity index (χ1v) is 7.34. The van der Waals surface area contributed by atoms with Gasteiger partial charge in [-0.15, -0.1) is 0 Å². The van der Waals surface area contributed by atoms with Gasteiger partial charge in [0, 0.05) is 32.7 Å². The van der Waals surface area contributed by atoms with Crippen molar-refractivity contribution in [1.82, 2.24) is 15.1 Å². The van der Waals surface area contributed by atoms with E-state index in [0.29, 0.717) is 26.2 Å². The van der Waals surface area contributed by atoms with Gasteiger partial charge in [-0.25, -0.2) is 4.79 Å². The van der Waals surface area contributed by atoms with Crippen LogP contribution in [0.5, 0.6) is 0 Å². The van der Waals surface area contributed by atoms with Crippen molar-refractivity contribution in [1.29, 1.82) is 0 Å². The van der Waals surface area contributed by atoms with Crippen molar-refractivity contribution in [2.45, 2.75) is 32.8 Å². The Kier molecular flexibility index (Phi) is 4.52. The van der Waals surface area contributed by atoms with Gasteiger partial charge in [0.2, 0.25) is 5.91 Å². The van der Waals surface area contributed by atoms with Gasteiger partial charge in [-0.1, -0.05) is 0 Å². The Morgan fingerprint density at radius 1 is 1.10 bits per heavy atom. The molecule has 2 aliphatic heterocycles. The molecule has 20 heavy (non-hydrogen) atoms. The van der Waals surface area contributed by atoms with Crippen molar-refractivity contribution in [2.24, 2.45) is 5.92 Å². The van der Waals surface area contributed by atoms with Crippen LogP contribution in [-0.4, -0.2) is 66.7 Å². The molecule has 2 fully saturated rings. The Hall–Kier alpha value is -1.30. The molecule has 2 rings (SSSR count). The predicted octanol–water partition coefficient (Wildman–Crippen LogP) is 0.675. The van der Waals surface area contributed by atoms with Crippen molar-refractivity contribution in [3.8, 4) is 0 Å². The van der Waals surface area contributed by atoms with Crippen molar-refractivity contribution in [3.05, 3.63) is 0 Å². The average Bonchev–Trinajstić information content (AvgIpc) is 2.90. The smallest absolute Gasteiger partial charge is 0.410 e. The molecule has 0 aromatic heterocycles. The lowest BCUT2D eigenvalue weighted by molar-refractivity contribution is -0.136. The summed E-state index contributed by atoms with van der Waals surface area (Å²) < 4.78 is 5.35. The zero-order valence-electron chi connectivity index (χ0n) is 12.6. The molecule has 0 spiro atoms. The van der Waals surface area contributed by atoms with Crippen LogP contribution in [0.4, 0.5) is 4.79 Å². The molecule has 1 unspecified atom stereocenters. The zero-order chi connectivity index (χ0) is 14.8. The number of hydrogen-bond donors (Lipinski definition) is 1. The van der Waals surface area contributed by atoms with Crippen molar-refractivity contribution in [2.75, 3.05) is 39.3 Å². The fourth-order valence-electron chi connectivity index (χ4n) is 2.56. The van der Waals surface area contributed by atoms with E-state index < -0.39 is 5.60 Å². The second-order valence-corrected chi connectivity index (χ2v) is 6.48. The lowest BCUT2D eigenvalue weighted by Crippen LogP contribution is -2.53. The van der Waals surface area contributed by atoms with Crippen LogP contribution in [0.1, 0.15) is 27.2 Å². The number of nitrogens with one attached hydrogen (secondary N) is 1. The summed E-state index contributed by atoms with van der Waals surface area (Å²) in [6.07, 6.45) is 0.637. The number of rotatable bonds is 1. The van der Waals surface area contributed by atoms with Gasteiger partial charge >= 0.3 is 6.09 Å².